The molecule has 4 heteroatoms. The van der Waals surface area contributed by atoms with Crippen LogP contribution in [-0.4, -0.2) is 17.5 Å². The third-order valence-electron chi connectivity index (χ3n) is 1.66. The van der Waals surface area contributed by atoms with E-state index in [0.29, 0.717) is 0 Å². The minimum absolute atomic E-state index is 0.941. The van der Waals surface area contributed by atoms with Gasteiger partial charge in [-0.05, 0) is 40.8 Å². The van der Waals surface area contributed by atoms with Crippen molar-refractivity contribution < 1.29 is 0 Å². The molecule has 0 radical (unpaired) electrons. The van der Waals surface area contributed by atoms with Crippen LogP contribution in [0.3, 0.4) is 0 Å². The lowest BCUT2D eigenvalue weighted by molar-refractivity contribution is 1.17. The highest BCUT2D eigenvalue weighted by molar-refractivity contribution is 14.1. The molecule has 0 fully saturated rings. The van der Waals surface area contributed by atoms with Gasteiger partial charge in [0.15, 0.2) is 5.17 Å². The van der Waals surface area contributed by atoms with Crippen LogP contribution in [0.15, 0.2) is 29.3 Å². The van der Waals surface area contributed by atoms with Gasteiger partial charge in [0, 0.05) is 15.0 Å². The van der Waals surface area contributed by atoms with E-state index in [1.807, 2.05) is 6.07 Å². The topological polar surface area (TPSA) is 24.4 Å². The number of nitrogens with one attached hydrogen (secondary N) is 1. The molecule has 68 valence electrons. The summed E-state index contributed by atoms with van der Waals surface area (Å²) in [6.07, 6.45) is 0. The molecule has 2 rings (SSSR count). The summed E-state index contributed by atoms with van der Waals surface area (Å²) in [6, 6.07) is 8.30. The Morgan fingerprint density at radius 2 is 2.38 bits per heavy atom. The summed E-state index contributed by atoms with van der Waals surface area (Å²) in [5, 5.41) is 4.33. The molecule has 0 aliphatic carbocycles. The minimum atomic E-state index is 0.941. The van der Waals surface area contributed by atoms with Gasteiger partial charge in [-0.15, -0.1) is 0 Å². The highest BCUT2D eigenvalue weighted by Gasteiger charge is 2.06. The fourth-order valence-corrected chi connectivity index (χ4v) is 2.39. The maximum atomic E-state index is 4.33. The maximum Gasteiger partial charge on any atom is 0.161 e. The van der Waals surface area contributed by atoms with Gasteiger partial charge in [-0.1, -0.05) is 17.8 Å². The molecule has 1 heterocycles. The van der Waals surface area contributed by atoms with Crippen molar-refractivity contribution in [2.75, 3.05) is 17.6 Å². The van der Waals surface area contributed by atoms with Crippen molar-refractivity contribution in [2.24, 2.45) is 4.99 Å². The Labute approximate surface area is 95.4 Å². The lowest BCUT2D eigenvalue weighted by Gasteiger charge is -2.04. The predicted octanol–water partition coefficient (Wildman–Crippen LogP) is 2.81. The van der Waals surface area contributed by atoms with Crippen LogP contribution >= 0.6 is 34.4 Å². The van der Waals surface area contributed by atoms with E-state index in [1.165, 1.54) is 3.57 Å². The second kappa shape index (κ2) is 4.32. The highest BCUT2D eigenvalue weighted by Crippen LogP contribution is 2.17. The Morgan fingerprint density at radius 3 is 3.08 bits per heavy atom. The zero-order valence-corrected chi connectivity index (χ0v) is 9.93. The first-order valence-electron chi connectivity index (χ1n) is 4.04. The average Bonchev–Trinajstić information content (AvgIpc) is 2.57. The van der Waals surface area contributed by atoms with Gasteiger partial charge in [0.25, 0.3) is 0 Å². The molecule has 0 amide bonds. The summed E-state index contributed by atoms with van der Waals surface area (Å²) in [5.74, 6) is 1.10. The van der Waals surface area contributed by atoms with Gasteiger partial charge in [-0.2, -0.15) is 0 Å². The number of halogens is 1. The Balaban J connectivity index is 2.09. The van der Waals surface area contributed by atoms with Crippen molar-refractivity contribution in [2.45, 2.75) is 0 Å². The number of benzene rings is 1. The van der Waals surface area contributed by atoms with Crippen LogP contribution in [0, 0.1) is 3.57 Å². The summed E-state index contributed by atoms with van der Waals surface area (Å²) in [5.41, 5.74) is 1.13. The molecule has 1 aromatic rings. The van der Waals surface area contributed by atoms with Crippen LogP contribution in [0.4, 0.5) is 5.69 Å². The van der Waals surface area contributed by atoms with E-state index in [1.54, 1.807) is 11.8 Å². The van der Waals surface area contributed by atoms with E-state index in [4.69, 9.17) is 0 Å². The lowest BCUT2D eigenvalue weighted by Crippen LogP contribution is -2.04. The molecule has 2 nitrogen and oxygen atoms in total. The van der Waals surface area contributed by atoms with Gasteiger partial charge >= 0.3 is 0 Å². The van der Waals surface area contributed by atoms with Crippen LogP contribution in [0.25, 0.3) is 0 Å². The Kier molecular flexibility index (Phi) is 3.10. The van der Waals surface area contributed by atoms with E-state index in [-0.39, 0.29) is 0 Å². The van der Waals surface area contributed by atoms with E-state index in [0.717, 1.165) is 23.2 Å². The third-order valence-corrected chi connectivity index (χ3v) is 3.22. The smallest absolute Gasteiger partial charge is 0.161 e. The number of amidine groups is 1. The molecule has 0 atom stereocenters. The summed E-state index contributed by atoms with van der Waals surface area (Å²) < 4.78 is 1.24. The molecule has 0 bridgehead atoms. The van der Waals surface area contributed by atoms with Crippen molar-refractivity contribution in [1.82, 2.24) is 0 Å². The first kappa shape index (κ1) is 9.33. The summed E-state index contributed by atoms with van der Waals surface area (Å²) in [7, 11) is 0. The minimum Gasteiger partial charge on any atom is -0.335 e. The second-order valence-corrected chi connectivity index (χ2v) is 5.00. The van der Waals surface area contributed by atoms with Gasteiger partial charge in [0.1, 0.15) is 0 Å². The summed E-state index contributed by atoms with van der Waals surface area (Å²) >= 11 is 4.08. The van der Waals surface area contributed by atoms with Crippen molar-refractivity contribution in [3.05, 3.63) is 27.8 Å². The first-order valence-corrected chi connectivity index (χ1v) is 6.11. The zero-order chi connectivity index (χ0) is 9.10. The molecule has 1 N–H and O–H groups in total. The van der Waals surface area contributed by atoms with E-state index >= 15 is 0 Å². The standard InChI is InChI=1S/C9H9IN2S/c10-7-2-1-3-8(6-7)12-9-11-4-5-13-9/h1-3,6H,4-5H2,(H,11,12). The normalized spacial score (nSPS) is 15.6. The number of anilines is 1. The van der Waals surface area contributed by atoms with Gasteiger partial charge in [0.2, 0.25) is 0 Å². The molecule has 0 saturated heterocycles. The van der Waals surface area contributed by atoms with Crippen molar-refractivity contribution in [1.29, 1.82) is 0 Å². The van der Waals surface area contributed by atoms with Crippen LogP contribution in [0.5, 0.6) is 0 Å². The molecule has 0 aromatic heterocycles. The largest absolute Gasteiger partial charge is 0.335 e. The number of thioether (sulfide) groups is 1. The van der Waals surface area contributed by atoms with Gasteiger partial charge in [0.05, 0.1) is 6.54 Å². The van der Waals surface area contributed by atoms with E-state index in [9.17, 15) is 0 Å². The Hall–Kier alpha value is -0.230. The number of hydrogen-bond acceptors (Lipinski definition) is 3. The molecular formula is C9H9IN2S. The zero-order valence-electron chi connectivity index (χ0n) is 6.96. The fraction of sp³-hybridized carbons (Fsp3) is 0.222. The Bertz CT molecular complexity index is 338. The molecule has 0 unspecified atom stereocenters. The highest BCUT2D eigenvalue weighted by atomic mass is 127. The monoisotopic (exact) mass is 304 g/mol. The van der Waals surface area contributed by atoms with E-state index < -0.39 is 0 Å². The van der Waals surface area contributed by atoms with E-state index in [2.05, 4.69) is 51.1 Å². The molecular weight excluding hydrogens is 295 g/mol. The quantitative estimate of drug-likeness (QED) is 0.807. The number of rotatable bonds is 1. The van der Waals surface area contributed by atoms with Gasteiger partial charge in [-0.25, -0.2) is 0 Å². The lowest BCUT2D eigenvalue weighted by atomic mass is 10.3. The maximum absolute atomic E-state index is 4.33. The molecule has 1 aromatic carbocycles. The number of aliphatic imine (C=N–C) groups is 1. The van der Waals surface area contributed by atoms with Crippen LogP contribution in [0.1, 0.15) is 0 Å². The third kappa shape index (κ3) is 2.60. The fourth-order valence-electron chi connectivity index (χ4n) is 1.10. The van der Waals surface area contributed by atoms with Crippen molar-refractivity contribution >= 4 is 45.2 Å². The van der Waals surface area contributed by atoms with Crippen LogP contribution < -0.4 is 5.32 Å². The number of hydrogen-bond donors (Lipinski definition) is 1. The van der Waals surface area contributed by atoms with Gasteiger partial charge < -0.3 is 5.32 Å². The Morgan fingerprint density at radius 1 is 1.46 bits per heavy atom. The molecule has 1 aliphatic rings. The summed E-state index contributed by atoms with van der Waals surface area (Å²) in [6.45, 7) is 0.941. The molecule has 0 spiro atoms. The molecule has 1 aliphatic heterocycles. The second-order valence-electron chi connectivity index (χ2n) is 2.67. The van der Waals surface area contributed by atoms with Crippen molar-refractivity contribution in [3.63, 3.8) is 0 Å². The summed E-state index contributed by atoms with van der Waals surface area (Å²) in [4.78, 5) is 4.33. The van der Waals surface area contributed by atoms with Crippen LogP contribution in [0.2, 0.25) is 0 Å². The van der Waals surface area contributed by atoms with Crippen molar-refractivity contribution in [3.8, 4) is 0 Å². The number of nitrogens with zero attached hydrogens (tertiary/aromatic N) is 1. The van der Waals surface area contributed by atoms with Gasteiger partial charge in [-0.3, -0.25) is 4.99 Å². The molecule has 0 saturated carbocycles. The predicted molar refractivity (Wildman–Crippen MR) is 67.5 cm³/mol. The first-order chi connectivity index (χ1) is 6.34. The SMILES string of the molecule is Ic1cccc(NC2=NCCS2)c1. The molecule has 13 heavy (non-hydrogen) atoms. The van der Waals surface area contributed by atoms with Crippen LogP contribution in [-0.2, 0) is 0 Å². The average molecular weight is 304 g/mol.